The fraction of sp³-hybridized carbons (Fsp3) is 0.333. The van der Waals surface area contributed by atoms with Crippen LogP contribution in [0.5, 0.6) is 0 Å². The van der Waals surface area contributed by atoms with Gasteiger partial charge in [0.15, 0.2) is 0 Å². The number of hydrogen-bond acceptors (Lipinski definition) is 4. The molecule has 1 unspecified atom stereocenters. The number of rotatable bonds is 4. The molecule has 0 aliphatic carbocycles. The van der Waals surface area contributed by atoms with Gasteiger partial charge < -0.3 is 14.6 Å². The van der Waals surface area contributed by atoms with Gasteiger partial charge >= 0.3 is 35.5 Å². The van der Waals surface area contributed by atoms with Crippen LogP contribution < -0.4 is 34.7 Å². The van der Waals surface area contributed by atoms with E-state index in [0.717, 1.165) is 0 Å². The van der Waals surface area contributed by atoms with E-state index in [-0.39, 0.29) is 46.8 Å². The van der Waals surface area contributed by atoms with Crippen molar-refractivity contribution < 1.29 is 49.0 Å². The van der Waals surface area contributed by atoms with E-state index < -0.39 is 11.9 Å². The zero-order valence-corrected chi connectivity index (χ0v) is 12.2. The van der Waals surface area contributed by atoms with Gasteiger partial charge in [-0.25, -0.2) is 4.79 Å². The van der Waals surface area contributed by atoms with Crippen molar-refractivity contribution in [1.82, 2.24) is 0 Å². The summed E-state index contributed by atoms with van der Waals surface area (Å²) in [6, 6.07) is 5.85. The Hall–Kier alpha value is -0.840. The summed E-state index contributed by atoms with van der Waals surface area (Å²) < 4.78 is 5.05. The summed E-state index contributed by atoms with van der Waals surface area (Å²) >= 11 is 0. The molecule has 0 spiro atoms. The average molecular weight is 244 g/mol. The van der Waals surface area contributed by atoms with Gasteiger partial charge in [0.05, 0.1) is 17.6 Å². The van der Waals surface area contributed by atoms with Crippen molar-refractivity contribution in [3.63, 3.8) is 0 Å². The first-order chi connectivity index (χ1) is 7.56. The molecule has 17 heavy (non-hydrogen) atoms. The molecule has 0 saturated carbocycles. The Labute approximate surface area is 122 Å². The van der Waals surface area contributed by atoms with Gasteiger partial charge in [0.2, 0.25) is 0 Å². The van der Waals surface area contributed by atoms with E-state index in [1.165, 1.54) is 18.2 Å². The normalized spacial score (nSPS) is 11.2. The van der Waals surface area contributed by atoms with Crippen LogP contribution >= 0.6 is 0 Å². The molecule has 0 aliphatic rings. The predicted octanol–water partition coefficient (Wildman–Crippen LogP) is -1.99. The molecule has 0 amide bonds. The summed E-state index contributed by atoms with van der Waals surface area (Å²) in [5.41, 5.74) is -0.112. The zero-order chi connectivity index (χ0) is 12.1. The molecule has 0 saturated heterocycles. The quantitative estimate of drug-likeness (QED) is 0.454. The summed E-state index contributed by atoms with van der Waals surface area (Å²) in [6.07, 6.45) is 0.446. The standard InChI is InChI=1S/C12H14O4.Na/c1-3-8(2)16-12(15)10-7-5-4-6-9(10)11(13)14;/h4-8H,3H2,1-2H3,(H,13,14);/q;+1/p-1. The first kappa shape index (κ1) is 16.2. The summed E-state index contributed by atoms with van der Waals surface area (Å²) in [7, 11) is 0. The zero-order valence-electron chi connectivity index (χ0n) is 10.2. The van der Waals surface area contributed by atoms with E-state index >= 15 is 0 Å². The van der Waals surface area contributed by atoms with E-state index in [1.54, 1.807) is 13.0 Å². The fourth-order valence-electron chi connectivity index (χ4n) is 1.17. The van der Waals surface area contributed by atoms with Crippen molar-refractivity contribution in [2.45, 2.75) is 26.4 Å². The molecular formula is C12H13NaO4. The van der Waals surface area contributed by atoms with Crippen LogP contribution in [-0.4, -0.2) is 18.0 Å². The number of ether oxygens (including phenoxy) is 1. The van der Waals surface area contributed by atoms with Crippen LogP contribution in [0, 0.1) is 0 Å². The van der Waals surface area contributed by atoms with E-state index in [2.05, 4.69) is 0 Å². The van der Waals surface area contributed by atoms with Gasteiger partial charge in [-0.2, -0.15) is 0 Å². The maximum absolute atomic E-state index is 11.6. The van der Waals surface area contributed by atoms with Crippen LogP contribution in [0.3, 0.4) is 0 Å². The minimum absolute atomic E-state index is 0. The molecule has 4 nitrogen and oxygen atoms in total. The number of benzene rings is 1. The molecule has 86 valence electrons. The Kier molecular flexibility index (Phi) is 7.11. The molecule has 0 fully saturated rings. The van der Waals surface area contributed by atoms with Crippen LogP contribution in [0.1, 0.15) is 41.0 Å². The van der Waals surface area contributed by atoms with Crippen molar-refractivity contribution in [3.8, 4) is 0 Å². The Morgan fingerprint density at radius 3 is 2.29 bits per heavy atom. The average Bonchev–Trinajstić information content (AvgIpc) is 2.28. The van der Waals surface area contributed by atoms with E-state index in [1.807, 2.05) is 6.92 Å². The second-order valence-corrected chi connectivity index (χ2v) is 3.46. The van der Waals surface area contributed by atoms with E-state index in [4.69, 9.17) is 4.74 Å². The second kappa shape index (κ2) is 7.48. The molecule has 1 rings (SSSR count). The summed E-state index contributed by atoms with van der Waals surface area (Å²) in [6.45, 7) is 3.63. The molecule has 1 atom stereocenters. The molecule has 0 heterocycles. The third-order valence-corrected chi connectivity index (χ3v) is 2.25. The summed E-state index contributed by atoms with van der Waals surface area (Å²) in [4.78, 5) is 22.4. The molecule has 0 bridgehead atoms. The first-order valence-electron chi connectivity index (χ1n) is 5.07. The van der Waals surface area contributed by atoms with Crippen molar-refractivity contribution >= 4 is 11.9 Å². The SMILES string of the molecule is CCC(C)OC(=O)c1ccccc1C(=O)[O-].[Na+]. The van der Waals surface area contributed by atoms with Gasteiger partial charge in [-0.15, -0.1) is 0 Å². The molecular weight excluding hydrogens is 231 g/mol. The number of aromatic carboxylic acids is 1. The largest absolute Gasteiger partial charge is 1.00 e. The number of carbonyl (C=O) groups excluding carboxylic acids is 2. The monoisotopic (exact) mass is 244 g/mol. The third kappa shape index (κ3) is 4.50. The molecule has 0 N–H and O–H groups in total. The van der Waals surface area contributed by atoms with Gasteiger partial charge in [0, 0.05) is 5.56 Å². The van der Waals surface area contributed by atoms with E-state index in [9.17, 15) is 14.7 Å². The van der Waals surface area contributed by atoms with Crippen molar-refractivity contribution in [3.05, 3.63) is 35.4 Å². The first-order valence-corrected chi connectivity index (χ1v) is 5.07. The molecule has 1 aromatic rings. The van der Waals surface area contributed by atoms with Gasteiger partial charge in [-0.05, 0) is 19.4 Å². The number of hydrogen-bond donors (Lipinski definition) is 0. The Bertz CT molecular complexity index is 403. The summed E-state index contributed by atoms with van der Waals surface area (Å²) in [5, 5.41) is 10.8. The molecule has 1 aromatic carbocycles. The van der Waals surface area contributed by atoms with Crippen LogP contribution in [0.25, 0.3) is 0 Å². The minimum Gasteiger partial charge on any atom is -0.545 e. The second-order valence-electron chi connectivity index (χ2n) is 3.46. The van der Waals surface area contributed by atoms with Crippen molar-refractivity contribution in [2.75, 3.05) is 0 Å². The van der Waals surface area contributed by atoms with Crippen molar-refractivity contribution in [2.24, 2.45) is 0 Å². The Morgan fingerprint density at radius 1 is 1.29 bits per heavy atom. The minimum atomic E-state index is -1.38. The molecule has 0 radical (unpaired) electrons. The van der Waals surface area contributed by atoms with Crippen molar-refractivity contribution in [1.29, 1.82) is 0 Å². The summed E-state index contributed by atoms with van der Waals surface area (Å²) in [5.74, 6) is -2.01. The topological polar surface area (TPSA) is 66.4 Å². The molecule has 0 aromatic heterocycles. The van der Waals surface area contributed by atoms with Crippen LogP contribution in [0.15, 0.2) is 24.3 Å². The smallest absolute Gasteiger partial charge is 0.545 e. The number of carbonyl (C=O) groups is 2. The van der Waals surface area contributed by atoms with Crippen LogP contribution in [-0.2, 0) is 4.74 Å². The van der Waals surface area contributed by atoms with Gasteiger partial charge in [0.1, 0.15) is 0 Å². The maximum atomic E-state index is 11.6. The van der Waals surface area contributed by atoms with E-state index in [0.29, 0.717) is 6.42 Å². The molecule has 0 aliphatic heterocycles. The number of carboxylic acids is 1. The number of carboxylic acid groups (broad SMARTS) is 1. The third-order valence-electron chi connectivity index (χ3n) is 2.25. The van der Waals surface area contributed by atoms with Crippen LogP contribution in [0.4, 0.5) is 0 Å². The van der Waals surface area contributed by atoms with Gasteiger partial charge in [-0.1, -0.05) is 25.1 Å². The Balaban J connectivity index is 0.00000256. The Morgan fingerprint density at radius 2 is 1.82 bits per heavy atom. The predicted molar refractivity (Wildman–Crippen MR) is 55.9 cm³/mol. The van der Waals surface area contributed by atoms with Crippen LogP contribution in [0.2, 0.25) is 0 Å². The van der Waals surface area contributed by atoms with Gasteiger partial charge in [-0.3, -0.25) is 0 Å². The number of esters is 1. The fourth-order valence-corrected chi connectivity index (χ4v) is 1.17. The van der Waals surface area contributed by atoms with Gasteiger partial charge in [0.25, 0.3) is 0 Å². The molecule has 5 heteroatoms. The maximum Gasteiger partial charge on any atom is 1.00 e.